The van der Waals surface area contributed by atoms with Crippen LogP contribution in [-0.4, -0.2) is 62.2 Å². The van der Waals surface area contributed by atoms with Crippen molar-refractivity contribution in [2.45, 2.75) is 58.2 Å². The number of aromatic nitrogens is 4. The van der Waals surface area contributed by atoms with E-state index in [1.54, 1.807) is 6.26 Å². The summed E-state index contributed by atoms with van der Waals surface area (Å²) >= 11 is 0. The van der Waals surface area contributed by atoms with Crippen molar-refractivity contribution in [2.75, 3.05) is 26.2 Å². The molecule has 1 unspecified atom stereocenters. The van der Waals surface area contributed by atoms with Crippen LogP contribution < -0.4 is 0 Å². The number of nitrogens with zero attached hydrogens (tertiary/aromatic N) is 6. The molecule has 2 aromatic rings. The molecule has 3 heterocycles. The second kappa shape index (κ2) is 7.88. The molecule has 7 nitrogen and oxygen atoms in total. The van der Waals surface area contributed by atoms with Gasteiger partial charge in [0.2, 0.25) is 0 Å². The highest BCUT2D eigenvalue weighted by molar-refractivity contribution is 5.03. The van der Waals surface area contributed by atoms with Crippen LogP contribution in [0.2, 0.25) is 0 Å². The summed E-state index contributed by atoms with van der Waals surface area (Å²) in [4.78, 5) is 5.27. The first-order chi connectivity index (χ1) is 12.7. The minimum Gasteiger partial charge on any atom is -0.467 e. The SMILES string of the molecule is CC(C)C(c1nnnn1Cc1ccco1)N1CCN(C2CCCC2)CC1. The Morgan fingerprint density at radius 2 is 1.92 bits per heavy atom. The van der Waals surface area contributed by atoms with Gasteiger partial charge < -0.3 is 4.42 Å². The molecule has 2 aromatic heterocycles. The number of hydrogen-bond donors (Lipinski definition) is 0. The van der Waals surface area contributed by atoms with Gasteiger partial charge in [-0.1, -0.05) is 26.7 Å². The second-order valence-corrected chi connectivity index (χ2v) is 7.97. The predicted molar refractivity (Wildman–Crippen MR) is 98.6 cm³/mol. The zero-order chi connectivity index (χ0) is 17.9. The van der Waals surface area contributed by atoms with Crippen LogP contribution in [0.5, 0.6) is 0 Å². The molecule has 2 fully saturated rings. The van der Waals surface area contributed by atoms with Crippen LogP contribution in [0.3, 0.4) is 0 Å². The lowest BCUT2D eigenvalue weighted by Crippen LogP contribution is -2.51. The molecule has 0 aromatic carbocycles. The van der Waals surface area contributed by atoms with Gasteiger partial charge in [0.25, 0.3) is 0 Å². The first kappa shape index (κ1) is 17.7. The summed E-state index contributed by atoms with van der Waals surface area (Å²) in [6.45, 7) is 9.61. The molecule has 0 amide bonds. The predicted octanol–water partition coefficient (Wildman–Crippen LogP) is 2.57. The van der Waals surface area contributed by atoms with Crippen molar-refractivity contribution in [3.63, 3.8) is 0 Å². The quantitative estimate of drug-likeness (QED) is 0.791. The van der Waals surface area contributed by atoms with Gasteiger partial charge in [-0.3, -0.25) is 9.80 Å². The Bertz CT molecular complexity index is 668. The molecule has 0 bridgehead atoms. The third-order valence-corrected chi connectivity index (χ3v) is 5.92. The molecule has 0 spiro atoms. The van der Waals surface area contributed by atoms with Gasteiger partial charge in [0.05, 0.1) is 12.3 Å². The first-order valence-electron chi connectivity index (χ1n) is 9.99. The van der Waals surface area contributed by atoms with Crippen LogP contribution in [0.15, 0.2) is 22.8 Å². The summed E-state index contributed by atoms with van der Waals surface area (Å²) in [6, 6.07) is 4.93. The van der Waals surface area contributed by atoms with Gasteiger partial charge in [-0.15, -0.1) is 5.10 Å². The van der Waals surface area contributed by atoms with Crippen molar-refractivity contribution >= 4 is 0 Å². The molecule has 0 N–H and O–H groups in total. The topological polar surface area (TPSA) is 63.2 Å². The molecule has 1 saturated carbocycles. The van der Waals surface area contributed by atoms with Crippen LogP contribution in [0.25, 0.3) is 0 Å². The molecule has 1 aliphatic heterocycles. The van der Waals surface area contributed by atoms with E-state index in [9.17, 15) is 0 Å². The molecular formula is C19H30N6O. The Balaban J connectivity index is 1.46. The van der Waals surface area contributed by atoms with E-state index in [2.05, 4.69) is 39.2 Å². The summed E-state index contributed by atoms with van der Waals surface area (Å²) in [7, 11) is 0. The smallest absolute Gasteiger partial charge is 0.169 e. The zero-order valence-electron chi connectivity index (χ0n) is 15.9. The molecule has 2 aliphatic rings. The summed E-state index contributed by atoms with van der Waals surface area (Å²) < 4.78 is 7.38. The first-order valence-corrected chi connectivity index (χ1v) is 9.99. The molecular weight excluding hydrogens is 328 g/mol. The zero-order valence-corrected chi connectivity index (χ0v) is 15.9. The van der Waals surface area contributed by atoms with Gasteiger partial charge in [0, 0.05) is 32.2 Å². The maximum atomic E-state index is 5.48. The number of rotatable bonds is 6. The molecule has 1 saturated heterocycles. The summed E-state index contributed by atoms with van der Waals surface area (Å²) in [6.07, 6.45) is 7.27. The second-order valence-electron chi connectivity index (χ2n) is 7.97. The molecule has 7 heteroatoms. The number of furan rings is 1. The Hall–Kier alpha value is -1.73. The van der Waals surface area contributed by atoms with Crippen LogP contribution in [0.4, 0.5) is 0 Å². The summed E-state index contributed by atoms with van der Waals surface area (Å²) in [5, 5.41) is 12.6. The normalized spacial score (nSPS) is 21.7. The highest BCUT2D eigenvalue weighted by Crippen LogP contribution is 2.30. The number of piperazine rings is 1. The Morgan fingerprint density at radius 1 is 1.15 bits per heavy atom. The van der Waals surface area contributed by atoms with Crippen molar-refractivity contribution in [3.05, 3.63) is 30.0 Å². The van der Waals surface area contributed by atoms with Crippen molar-refractivity contribution in [3.8, 4) is 0 Å². The highest BCUT2D eigenvalue weighted by atomic mass is 16.3. The summed E-state index contributed by atoms with van der Waals surface area (Å²) in [5.41, 5.74) is 0. The average Bonchev–Trinajstić information content (AvgIpc) is 3.39. The Morgan fingerprint density at radius 3 is 2.58 bits per heavy atom. The Kier molecular flexibility index (Phi) is 5.36. The molecule has 26 heavy (non-hydrogen) atoms. The minimum absolute atomic E-state index is 0.241. The van der Waals surface area contributed by atoms with Crippen LogP contribution in [0, 0.1) is 5.92 Å². The third kappa shape index (κ3) is 3.69. The van der Waals surface area contributed by atoms with Crippen molar-refractivity contribution in [2.24, 2.45) is 5.92 Å². The molecule has 1 aliphatic carbocycles. The lowest BCUT2D eigenvalue weighted by Gasteiger charge is -2.42. The van der Waals surface area contributed by atoms with E-state index >= 15 is 0 Å². The van der Waals surface area contributed by atoms with Gasteiger partial charge in [-0.05, 0) is 41.3 Å². The van der Waals surface area contributed by atoms with E-state index in [-0.39, 0.29) is 6.04 Å². The van der Waals surface area contributed by atoms with E-state index in [0.29, 0.717) is 12.5 Å². The fourth-order valence-electron chi connectivity index (χ4n) is 4.62. The number of hydrogen-bond acceptors (Lipinski definition) is 6. The standard InChI is InChI=1S/C19H30N6O/c1-15(2)18(19-20-21-22-25(19)14-17-8-5-13-26-17)24-11-9-23(10-12-24)16-6-3-4-7-16/h5,8,13,15-16,18H,3-4,6-7,9-12,14H2,1-2H3. The van der Waals surface area contributed by atoms with Crippen LogP contribution in [0.1, 0.15) is 57.2 Å². The van der Waals surface area contributed by atoms with Crippen molar-refractivity contribution < 1.29 is 4.42 Å². The van der Waals surface area contributed by atoms with E-state index in [0.717, 1.165) is 43.8 Å². The minimum atomic E-state index is 0.241. The number of tetrazole rings is 1. The van der Waals surface area contributed by atoms with Gasteiger partial charge in [0.1, 0.15) is 12.3 Å². The van der Waals surface area contributed by atoms with Crippen LogP contribution >= 0.6 is 0 Å². The monoisotopic (exact) mass is 358 g/mol. The van der Waals surface area contributed by atoms with E-state index in [1.165, 1.54) is 25.7 Å². The van der Waals surface area contributed by atoms with Crippen molar-refractivity contribution in [1.82, 2.24) is 30.0 Å². The molecule has 0 radical (unpaired) electrons. The van der Waals surface area contributed by atoms with E-state index in [4.69, 9.17) is 4.42 Å². The maximum Gasteiger partial charge on any atom is 0.169 e. The molecule has 1 atom stereocenters. The van der Waals surface area contributed by atoms with Crippen molar-refractivity contribution in [1.29, 1.82) is 0 Å². The van der Waals surface area contributed by atoms with Gasteiger partial charge in [0.15, 0.2) is 5.82 Å². The van der Waals surface area contributed by atoms with Gasteiger partial charge >= 0.3 is 0 Å². The van der Waals surface area contributed by atoms with Crippen LogP contribution in [-0.2, 0) is 6.54 Å². The summed E-state index contributed by atoms with van der Waals surface area (Å²) in [5.74, 6) is 2.28. The highest BCUT2D eigenvalue weighted by Gasteiger charge is 2.33. The van der Waals surface area contributed by atoms with Gasteiger partial charge in [-0.2, -0.15) is 0 Å². The third-order valence-electron chi connectivity index (χ3n) is 5.92. The molecule has 142 valence electrons. The average molecular weight is 358 g/mol. The Labute approximate surface area is 155 Å². The fourth-order valence-corrected chi connectivity index (χ4v) is 4.62. The fraction of sp³-hybridized carbons (Fsp3) is 0.737. The van der Waals surface area contributed by atoms with E-state index in [1.807, 2.05) is 16.8 Å². The lowest BCUT2D eigenvalue weighted by atomic mass is 10.00. The lowest BCUT2D eigenvalue weighted by molar-refractivity contribution is 0.0500. The maximum absolute atomic E-state index is 5.48. The van der Waals surface area contributed by atoms with Gasteiger partial charge in [-0.25, -0.2) is 4.68 Å². The molecule has 4 rings (SSSR count). The van der Waals surface area contributed by atoms with E-state index < -0.39 is 0 Å². The largest absolute Gasteiger partial charge is 0.467 e.